The molecular weight excluding hydrogens is 406 g/mol. The number of para-hydroxylation sites is 2. The summed E-state index contributed by atoms with van der Waals surface area (Å²) in [6.07, 6.45) is 0. The van der Waals surface area contributed by atoms with E-state index in [1.807, 2.05) is 72.2 Å². The Morgan fingerprint density at radius 3 is 2.38 bits per heavy atom. The predicted molar refractivity (Wildman–Crippen MR) is 115 cm³/mol. The Morgan fingerprint density at radius 2 is 1.66 bits per heavy atom. The lowest BCUT2D eigenvalue weighted by atomic mass is 10.1. The van der Waals surface area contributed by atoms with Crippen molar-refractivity contribution in [2.24, 2.45) is 0 Å². The topological polar surface area (TPSA) is 55.2 Å². The summed E-state index contributed by atoms with van der Waals surface area (Å²) in [5.41, 5.74) is 3.67. The third kappa shape index (κ3) is 2.91. The first kappa shape index (κ1) is 18.2. The molecule has 146 valence electrons. The molecule has 0 saturated carbocycles. The third-order valence-electron chi connectivity index (χ3n) is 5.31. The molecule has 0 spiro atoms. The van der Waals surface area contributed by atoms with Crippen LogP contribution in [0.2, 0.25) is 5.02 Å². The second-order valence-electron chi connectivity index (χ2n) is 7.19. The Balaban J connectivity index is 1.69. The maximum absolute atomic E-state index is 13.5. The number of rotatable bonds is 3. The first-order valence-electron chi connectivity index (χ1n) is 9.27. The van der Waals surface area contributed by atoms with E-state index in [0.717, 1.165) is 22.2 Å². The molecule has 0 radical (unpaired) electrons. The molecule has 29 heavy (non-hydrogen) atoms. The van der Waals surface area contributed by atoms with Crippen molar-refractivity contribution in [3.8, 4) is 0 Å². The van der Waals surface area contributed by atoms with E-state index in [4.69, 9.17) is 11.6 Å². The van der Waals surface area contributed by atoms with Gasteiger partial charge in [0.15, 0.2) is 0 Å². The second-order valence-corrected chi connectivity index (χ2v) is 9.49. The fourth-order valence-electron chi connectivity index (χ4n) is 3.82. The molecule has 0 fully saturated rings. The number of hydrogen-bond acceptors (Lipinski definition) is 3. The molecule has 4 aromatic rings. The van der Waals surface area contributed by atoms with Crippen LogP contribution in [0.3, 0.4) is 0 Å². The van der Waals surface area contributed by atoms with Crippen molar-refractivity contribution < 1.29 is 8.42 Å². The maximum atomic E-state index is 13.5. The van der Waals surface area contributed by atoms with E-state index in [0.29, 0.717) is 11.0 Å². The number of nitrogens with zero attached hydrogens (tertiary/aromatic N) is 3. The zero-order chi connectivity index (χ0) is 20.2. The highest BCUT2D eigenvalue weighted by Crippen LogP contribution is 2.40. The maximum Gasteiger partial charge on any atom is 0.266 e. The Labute approximate surface area is 174 Å². The largest absolute Gasteiger partial charge is 0.300 e. The molecule has 0 bridgehead atoms. The van der Waals surface area contributed by atoms with Gasteiger partial charge in [-0.2, -0.15) is 0 Å². The smallest absolute Gasteiger partial charge is 0.266 e. The van der Waals surface area contributed by atoms with Crippen molar-refractivity contribution in [1.82, 2.24) is 9.55 Å². The quantitative estimate of drug-likeness (QED) is 0.475. The lowest BCUT2D eigenvalue weighted by Gasteiger charge is -2.18. The lowest BCUT2D eigenvalue weighted by Crippen LogP contribution is -2.30. The number of sulfonamides is 1. The summed E-state index contributed by atoms with van der Waals surface area (Å²) in [4.78, 5) is 4.92. The highest BCUT2D eigenvalue weighted by molar-refractivity contribution is 7.92. The van der Waals surface area contributed by atoms with Crippen molar-refractivity contribution in [2.45, 2.75) is 17.9 Å². The minimum atomic E-state index is -3.74. The number of imidazole rings is 1. The summed E-state index contributed by atoms with van der Waals surface area (Å²) in [5, 5.41) is 0.645. The molecule has 5 rings (SSSR count). The molecule has 1 aliphatic heterocycles. The Morgan fingerprint density at radius 1 is 0.966 bits per heavy atom. The van der Waals surface area contributed by atoms with Crippen molar-refractivity contribution in [3.05, 3.63) is 88.9 Å². The van der Waals surface area contributed by atoms with Crippen LogP contribution in [-0.4, -0.2) is 24.5 Å². The van der Waals surface area contributed by atoms with Gasteiger partial charge in [-0.1, -0.05) is 53.6 Å². The number of hydrogen-bond donors (Lipinski definition) is 0. The van der Waals surface area contributed by atoms with Gasteiger partial charge in [-0.05, 0) is 48.9 Å². The Bertz CT molecular complexity index is 1310. The first-order valence-corrected chi connectivity index (χ1v) is 11.1. The van der Waals surface area contributed by atoms with E-state index in [1.165, 1.54) is 4.31 Å². The van der Waals surface area contributed by atoms with Gasteiger partial charge in [-0.15, -0.1) is 0 Å². The Kier molecular flexibility index (Phi) is 4.15. The average molecular weight is 424 g/mol. The molecule has 0 saturated heterocycles. The summed E-state index contributed by atoms with van der Waals surface area (Å²) in [6.45, 7) is 2.22. The van der Waals surface area contributed by atoms with Crippen molar-refractivity contribution in [2.75, 3.05) is 10.8 Å². The fourth-order valence-corrected chi connectivity index (χ4v) is 5.36. The van der Waals surface area contributed by atoms with Crippen LogP contribution in [-0.2, 0) is 10.0 Å². The molecule has 2 heterocycles. The van der Waals surface area contributed by atoms with Crippen molar-refractivity contribution >= 4 is 38.6 Å². The lowest BCUT2D eigenvalue weighted by molar-refractivity contribution is 0.589. The monoisotopic (exact) mass is 423 g/mol. The Hall–Kier alpha value is -2.83. The summed E-state index contributed by atoms with van der Waals surface area (Å²) in [6, 6.07) is 22.0. The van der Waals surface area contributed by atoms with Crippen LogP contribution in [0.15, 0.2) is 77.7 Å². The van der Waals surface area contributed by atoms with Crippen LogP contribution in [0.4, 0.5) is 5.95 Å². The van der Waals surface area contributed by atoms with E-state index >= 15 is 0 Å². The minimum Gasteiger partial charge on any atom is -0.300 e. The standard InChI is InChI=1S/C22H18ClN3O2S/c1-15-6-12-18(13-7-15)29(27,28)25-14-21(16-8-10-17(23)11-9-16)26-20-5-3-2-4-19(20)24-22(25)26/h2-13,21H,14H2,1H3. The normalized spacial score (nSPS) is 16.3. The van der Waals surface area contributed by atoms with Gasteiger partial charge in [0, 0.05) is 5.02 Å². The molecule has 1 aromatic heterocycles. The number of aromatic nitrogens is 2. The number of anilines is 1. The van der Waals surface area contributed by atoms with Crippen LogP contribution < -0.4 is 4.31 Å². The molecule has 5 nitrogen and oxygen atoms in total. The SMILES string of the molecule is Cc1ccc(S(=O)(=O)N2CC(c3ccc(Cl)cc3)n3c2nc2ccccc23)cc1. The second kappa shape index (κ2) is 6.61. The van der Waals surface area contributed by atoms with Gasteiger partial charge in [0.2, 0.25) is 5.95 Å². The van der Waals surface area contributed by atoms with Crippen LogP contribution in [0.5, 0.6) is 0 Å². The van der Waals surface area contributed by atoms with Gasteiger partial charge in [-0.25, -0.2) is 17.7 Å². The molecule has 3 aromatic carbocycles. The summed E-state index contributed by atoms with van der Waals surface area (Å²) >= 11 is 6.06. The van der Waals surface area contributed by atoms with E-state index in [1.54, 1.807) is 12.1 Å². The van der Waals surface area contributed by atoms with E-state index in [9.17, 15) is 8.42 Å². The highest BCUT2D eigenvalue weighted by atomic mass is 35.5. The van der Waals surface area contributed by atoms with E-state index in [2.05, 4.69) is 4.98 Å². The molecule has 0 aliphatic carbocycles. The number of fused-ring (bicyclic) bond motifs is 3. The van der Waals surface area contributed by atoms with Crippen molar-refractivity contribution in [1.29, 1.82) is 0 Å². The third-order valence-corrected chi connectivity index (χ3v) is 7.33. The minimum absolute atomic E-state index is 0.185. The molecule has 0 amide bonds. The van der Waals surface area contributed by atoms with Gasteiger partial charge < -0.3 is 0 Å². The van der Waals surface area contributed by atoms with Gasteiger partial charge in [-0.3, -0.25) is 4.57 Å². The molecular formula is C22H18ClN3O2S. The molecule has 1 unspecified atom stereocenters. The molecule has 1 atom stereocenters. The average Bonchev–Trinajstić information content (AvgIpc) is 3.26. The molecule has 7 heteroatoms. The van der Waals surface area contributed by atoms with Crippen LogP contribution in [0.25, 0.3) is 11.0 Å². The molecule has 0 N–H and O–H groups in total. The van der Waals surface area contributed by atoms with Crippen LogP contribution >= 0.6 is 11.6 Å². The fraction of sp³-hybridized carbons (Fsp3) is 0.136. The van der Waals surface area contributed by atoms with E-state index < -0.39 is 10.0 Å². The van der Waals surface area contributed by atoms with Gasteiger partial charge >= 0.3 is 0 Å². The number of benzene rings is 3. The van der Waals surface area contributed by atoms with Crippen LogP contribution in [0, 0.1) is 6.92 Å². The van der Waals surface area contributed by atoms with Gasteiger partial charge in [0.05, 0.1) is 28.5 Å². The zero-order valence-corrected chi connectivity index (χ0v) is 17.2. The summed E-state index contributed by atoms with van der Waals surface area (Å²) in [5.74, 6) is 0.437. The number of halogens is 1. The zero-order valence-electron chi connectivity index (χ0n) is 15.7. The first-order chi connectivity index (χ1) is 13.9. The van der Waals surface area contributed by atoms with E-state index in [-0.39, 0.29) is 17.5 Å². The van der Waals surface area contributed by atoms with Gasteiger partial charge in [0.1, 0.15) is 0 Å². The highest BCUT2D eigenvalue weighted by Gasteiger charge is 2.39. The molecule has 1 aliphatic rings. The van der Waals surface area contributed by atoms with Gasteiger partial charge in [0.25, 0.3) is 10.0 Å². The summed E-state index contributed by atoms with van der Waals surface area (Å²) < 4.78 is 30.4. The predicted octanol–water partition coefficient (Wildman–Crippen LogP) is 4.80. The van der Waals surface area contributed by atoms with Crippen molar-refractivity contribution in [3.63, 3.8) is 0 Å². The van der Waals surface area contributed by atoms with Crippen LogP contribution in [0.1, 0.15) is 17.2 Å². The summed E-state index contributed by atoms with van der Waals surface area (Å²) in [7, 11) is -3.74. The number of aryl methyl sites for hydroxylation is 1.